The van der Waals surface area contributed by atoms with Crippen LogP contribution in [0.15, 0.2) is 0 Å². The first-order valence-electron chi connectivity index (χ1n) is 10.9. The van der Waals surface area contributed by atoms with Crippen LogP contribution in [-0.2, 0) is 0 Å². The third kappa shape index (κ3) is 24.2. The van der Waals surface area contributed by atoms with Gasteiger partial charge >= 0.3 is 0 Å². The maximum absolute atomic E-state index is 2.30. The van der Waals surface area contributed by atoms with Gasteiger partial charge < -0.3 is 9.96 Å². The Balaban J connectivity index is 0. The molecule has 0 bridgehead atoms. The molecule has 0 spiro atoms. The van der Waals surface area contributed by atoms with Gasteiger partial charge in [-0.1, -0.05) is 103 Å². The van der Waals surface area contributed by atoms with Gasteiger partial charge in [0, 0.05) is 0 Å². The van der Waals surface area contributed by atoms with Crippen LogP contribution in [0.4, 0.5) is 0 Å². The van der Waals surface area contributed by atoms with Crippen LogP contribution in [0.5, 0.6) is 0 Å². The molecule has 2 heteroatoms. The highest BCUT2D eigenvalue weighted by Crippen LogP contribution is 2.14. The van der Waals surface area contributed by atoms with Crippen LogP contribution in [0.25, 0.3) is 0 Å². The van der Waals surface area contributed by atoms with E-state index >= 15 is 0 Å². The third-order valence-electron chi connectivity index (χ3n) is 4.93. The Hall–Kier alpha value is -0.0800. The van der Waals surface area contributed by atoms with Crippen molar-refractivity contribution in [3.8, 4) is 0 Å². The maximum atomic E-state index is 2.30. The van der Waals surface area contributed by atoms with E-state index in [-0.39, 0.29) is 5.48 Å². The second-order valence-corrected chi connectivity index (χ2v) is 8.67. The Morgan fingerprint density at radius 1 is 0.417 bits per heavy atom. The lowest BCUT2D eigenvalue weighted by atomic mass is 10.0. The van der Waals surface area contributed by atoms with E-state index < -0.39 is 0 Å². The smallest absolute Gasteiger partial charge is 0.0780 e. The molecule has 2 nitrogen and oxygen atoms in total. The van der Waals surface area contributed by atoms with E-state index in [1.165, 1.54) is 116 Å². The summed E-state index contributed by atoms with van der Waals surface area (Å²) in [5, 5.41) is 0. The predicted octanol–water partition coefficient (Wildman–Crippen LogP) is 7.17. The second kappa shape index (κ2) is 19.2. The molecule has 0 rings (SSSR count). The van der Waals surface area contributed by atoms with Crippen molar-refractivity contribution in [2.75, 3.05) is 27.7 Å². The predicted molar refractivity (Wildman–Crippen MR) is 109 cm³/mol. The Morgan fingerprint density at radius 2 is 0.667 bits per heavy atom. The lowest BCUT2D eigenvalue weighted by Gasteiger charge is -2.23. The first-order valence-corrected chi connectivity index (χ1v) is 10.9. The summed E-state index contributed by atoms with van der Waals surface area (Å²) >= 11 is 0. The average Bonchev–Trinajstić information content (AvgIpc) is 2.49. The van der Waals surface area contributed by atoms with Gasteiger partial charge in [0.15, 0.2) is 0 Å². The van der Waals surface area contributed by atoms with Gasteiger partial charge in [-0.25, -0.2) is 0 Å². The van der Waals surface area contributed by atoms with E-state index in [1.54, 1.807) is 0 Å². The van der Waals surface area contributed by atoms with Crippen molar-refractivity contribution in [3.63, 3.8) is 0 Å². The van der Waals surface area contributed by atoms with Gasteiger partial charge in [-0.15, -0.1) is 0 Å². The molecule has 0 aromatic heterocycles. The molecule has 0 amide bonds. The quantitative estimate of drug-likeness (QED) is 0.192. The highest BCUT2D eigenvalue weighted by atomic mass is 16.0. The Morgan fingerprint density at radius 3 is 0.917 bits per heavy atom. The summed E-state index contributed by atoms with van der Waals surface area (Å²) in [7, 11) is 6.89. The van der Waals surface area contributed by atoms with Gasteiger partial charge in [0.25, 0.3) is 0 Å². The molecule has 1 N–H and O–H groups in total. The van der Waals surface area contributed by atoms with Crippen molar-refractivity contribution in [3.05, 3.63) is 0 Å². The van der Waals surface area contributed by atoms with Crippen LogP contribution in [-0.4, -0.2) is 37.6 Å². The third-order valence-corrected chi connectivity index (χ3v) is 4.93. The Bertz CT molecular complexity index is 223. The summed E-state index contributed by atoms with van der Waals surface area (Å²) < 4.78 is 1.12. The first-order chi connectivity index (χ1) is 11.1. The first kappa shape index (κ1) is 26.2. The molecular weight excluding hydrogens is 294 g/mol. The minimum atomic E-state index is 0. The van der Waals surface area contributed by atoms with Crippen LogP contribution in [0, 0.1) is 0 Å². The molecule has 0 atom stereocenters. The van der Waals surface area contributed by atoms with Crippen LogP contribution in [0.2, 0.25) is 0 Å². The molecular formula is C22H49NO. The van der Waals surface area contributed by atoms with Crippen molar-refractivity contribution in [2.24, 2.45) is 0 Å². The van der Waals surface area contributed by atoms with Crippen molar-refractivity contribution in [1.82, 2.24) is 0 Å². The summed E-state index contributed by atoms with van der Waals surface area (Å²) in [4.78, 5) is 0. The van der Waals surface area contributed by atoms with Crippen molar-refractivity contribution in [1.29, 1.82) is 0 Å². The molecule has 0 heterocycles. The number of unbranched alkanes of at least 4 members (excludes halogenated alkanes) is 16. The second-order valence-electron chi connectivity index (χ2n) is 8.67. The topological polar surface area (TPSA) is 30.0 Å². The van der Waals surface area contributed by atoms with Crippen molar-refractivity contribution < 1.29 is 9.96 Å². The summed E-state index contributed by atoms with van der Waals surface area (Å²) in [6, 6.07) is 0. The Kier molecular flexibility index (Phi) is 21.0. The van der Waals surface area contributed by atoms with Gasteiger partial charge in [-0.05, 0) is 12.8 Å². The van der Waals surface area contributed by atoms with Gasteiger partial charge in [0.1, 0.15) is 0 Å². The minimum absolute atomic E-state index is 0. The van der Waals surface area contributed by atoms with Gasteiger partial charge in [0.2, 0.25) is 0 Å². The molecule has 0 aliphatic heterocycles. The molecule has 24 heavy (non-hydrogen) atoms. The fourth-order valence-electron chi connectivity index (χ4n) is 3.31. The molecule has 0 radical (unpaired) electrons. The molecule has 0 aliphatic carbocycles. The van der Waals surface area contributed by atoms with Crippen LogP contribution < -0.4 is 0 Å². The summed E-state index contributed by atoms with van der Waals surface area (Å²) in [6.07, 6.45) is 24.9. The largest absolute Gasteiger partial charge is 0.870 e. The lowest BCUT2D eigenvalue weighted by molar-refractivity contribution is -0.870. The average molecular weight is 344 g/mol. The van der Waals surface area contributed by atoms with Crippen LogP contribution in [0.3, 0.4) is 0 Å². The monoisotopic (exact) mass is 343 g/mol. The van der Waals surface area contributed by atoms with Gasteiger partial charge in [-0.2, -0.15) is 0 Å². The molecule has 0 fully saturated rings. The number of nitrogens with zero attached hydrogens (tertiary/aromatic N) is 1. The molecule has 0 unspecified atom stereocenters. The molecule has 0 saturated carbocycles. The van der Waals surface area contributed by atoms with Gasteiger partial charge in [0.05, 0.1) is 27.7 Å². The normalized spacial score (nSPS) is 11.5. The van der Waals surface area contributed by atoms with Gasteiger partial charge in [-0.3, -0.25) is 0 Å². The number of hydrogen-bond donors (Lipinski definition) is 0. The number of hydrogen-bond acceptors (Lipinski definition) is 1. The summed E-state index contributed by atoms with van der Waals surface area (Å²) in [6.45, 7) is 3.63. The summed E-state index contributed by atoms with van der Waals surface area (Å²) in [5.74, 6) is 0. The number of rotatable bonds is 18. The van der Waals surface area contributed by atoms with E-state index in [0.717, 1.165) is 4.48 Å². The Labute approximate surface area is 154 Å². The zero-order valence-corrected chi connectivity index (χ0v) is 17.6. The zero-order chi connectivity index (χ0) is 17.2. The van der Waals surface area contributed by atoms with E-state index in [4.69, 9.17) is 0 Å². The SMILES string of the molecule is CCCCCCCCCCCCCCCCCCC[N+](C)(C)C.[OH-]. The lowest BCUT2D eigenvalue weighted by Crippen LogP contribution is -2.35. The zero-order valence-electron chi connectivity index (χ0n) is 17.6. The maximum Gasteiger partial charge on any atom is 0.0780 e. The fourth-order valence-corrected chi connectivity index (χ4v) is 3.31. The fraction of sp³-hybridized carbons (Fsp3) is 1.00. The minimum Gasteiger partial charge on any atom is -0.870 e. The number of quaternary nitrogens is 1. The standard InChI is InChI=1S/C22H48N.H2O/c1-5-6-7-8-9-10-11-12-13-14-15-16-17-18-19-20-21-22-23(2,3)4;/h5-22H2,1-4H3;1H2/q+1;/p-1. The van der Waals surface area contributed by atoms with E-state index in [1.807, 2.05) is 0 Å². The van der Waals surface area contributed by atoms with E-state index in [2.05, 4.69) is 28.1 Å². The highest BCUT2D eigenvalue weighted by molar-refractivity contribution is 4.50. The summed E-state index contributed by atoms with van der Waals surface area (Å²) in [5.41, 5.74) is 0. The van der Waals surface area contributed by atoms with Crippen molar-refractivity contribution >= 4 is 0 Å². The van der Waals surface area contributed by atoms with Crippen LogP contribution >= 0.6 is 0 Å². The van der Waals surface area contributed by atoms with E-state index in [0.29, 0.717) is 0 Å². The van der Waals surface area contributed by atoms with Crippen molar-refractivity contribution in [2.45, 2.75) is 116 Å². The highest BCUT2D eigenvalue weighted by Gasteiger charge is 2.04. The molecule has 0 aliphatic rings. The molecule has 0 aromatic carbocycles. The van der Waals surface area contributed by atoms with E-state index in [9.17, 15) is 0 Å². The molecule has 0 aromatic rings. The molecule has 0 saturated heterocycles. The van der Waals surface area contributed by atoms with Crippen LogP contribution in [0.1, 0.15) is 116 Å². The molecule has 148 valence electrons.